The van der Waals surface area contributed by atoms with Gasteiger partial charge in [0.25, 0.3) is 0 Å². The van der Waals surface area contributed by atoms with Gasteiger partial charge < -0.3 is 4.74 Å². The van der Waals surface area contributed by atoms with Crippen LogP contribution in [0, 0.1) is 6.92 Å². The van der Waals surface area contributed by atoms with Crippen LogP contribution < -0.4 is 4.74 Å². The predicted octanol–water partition coefficient (Wildman–Crippen LogP) is 2.99. The Morgan fingerprint density at radius 3 is 2.71 bits per heavy atom. The number of Topliss-reactive ketones (excluding diaryl/α,β-unsaturated/α-hetero) is 1. The van der Waals surface area contributed by atoms with Crippen molar-refractivity contribution in [1.29, 1.82) is 0 Å². The van der Waals surface area contributed by atoms with Gasteiger partial charge in [0.05, 0.1) is 12.2 Å². The molecule has 1 rings (SSSR count). The van der Waals surface area contributed by atoms with Gasteiger partial charge in [0.15, 0.2) is 5.78 Å². The third-order valence-electron chi connectivity index (χ3n) is 1.98. The summed E-state index contributed by atoms with van der Waals surface area (Å²) < 4.78 is 5.48. The lowest BCUT2D eigenvalue weighted by Crippen LogP contribution is -2.02. The molecule has 0 aliphatic carbocycles. The normalized spacial score (nSPS) is 9.93. The molecule has 0 fully saturated rings. The van der Waals surface area contributed by atoms with Crippen LogP contribution in [0.1, 0.15) is 36.2 Å². The highest BCUT2D eigenvalue weighted by atomic mass is 16.5. The van der Waals surface area contributed by atoms with E-state index in [2.05, 4.69) is 0 Å². The summed E-state index contributed by atoms with van der Waals surface area (Å²) in [6.07, 6.45) is 0.950. The number of carbonyl (C=O) groups excluding carboxylic acids is 1. The fraction of sp³-hybridized carbons (Fsp3) is 0.417. The van der Waals surface area contributed by atoms with Crippen molar-refractivity contribution < 1.29 is 9.53 Å². The number of benzene rings is 1. The van der Waals surface area contributed by atoms with Gasteiger partial charge in [0, 0.05) is 0 Å². The van der Waals surface area contributed by atoms with Gasteiger partial charge in [-0.3, -0.25) is 4.79 Å². The second-order valence-corrected chi connectivity index (χ2v) is 3.40. The van der Waals surface area contributed by atoms with Crippen molar-refractivity contribution in [2.75, 3.05) is 6.61 Å². The summed E-state index contributed by atoms with van der Waals surface area (Å²) in [4.78, 5) is 11.3. The Morgan fingerprint density at radius 2 is 2.14 bits per heavy atom. The average Bonchev–Trinajstić information content (AvgIpc) is 2.15. The molecule has 14 heavy (non-hydrogen) atoms. The van der Waals surface area contributed by atoms with E-state index in [1.54, 1.807) is 6.92 Å². The van der Waals surface area contributed by atoms with Crippen LogP contribution in [0.2, 0.25) is 0 Å². The van der Waals surface area contributed by atoms with Crippen LogP contribution in [-0.2, 0) is 0 Å². The first-order chi connectivity index (χ1) is 6.65. The van der Waals surface area contributed by atoms with Gasteiger partial charge in [0.1, 0.15) is 5.75 Å². The van der Waals surface area contributed by atoms with Crippen molar-refractivity contribution in [3.05, 3.63) is 29.3 Å². The molecule has 0 saturated heterocycles. The van der Waals surface area contributed by atoms with Gasteiger partial charge in [-0.25, -0.2) is 0 Å². The molecule has 2 nitrogen and oxygen atoms in total. The molecule has 1 aromatic carbocycles. The predicted molar refractivity (Wildman–Crippen MR) is 57.0 cm³/mol. The molecular weight excluding hydrogens is 176 g/mol. The number of ether oxygens (including phenoxy) is 1. The Labute approximate surface area is 84.9 Å². The van der Waals surface area contributed by atoms with Gasteiger partial charge in [0.2, 0.25) is 0 Å². The van der Waals surface area contributed by atoms with Crippen LogP contribution in [0.15, 0.2) is 18.2 Å². The first-order valence-corrected chi connectivity index (χ1v) is 4.89. The van der Waals surface area contributed by atoms with Crippen molar-refractivity contribution in [1.82, 2.24) is 0 Å². The third-order valence-corrected chi connectivity index (χ3v) is 1.98. The fourth-order valence-corrected chi connectivity index (χ4v) is 1.26. The molecule has 0 aliphatic heterocycles. The lowest BCUT2D eigenvalue weighted by atomic mass is 10.1. The molecule has 76 valence electrons. The molecule has 1 aromatic rings. The first-order valence-electron chi connectivity index (χ1n) is 4.89. The molecule has 0 N–H and O–H groups in total. The zero-order valence-electron chi connectivity index (χ0n) is 8.96. The smallest absolute Gasteiger partial charge is 0.163 e. The van der Waals surface area contributed by atoms with E-state index in [0.717, 1.165) is 12.0 Å². The van der Waals surface area contributed by atoms with Crippen LogP contribution in [0.5, 0.6) is 5.75 Å². The Morgan fingerprint density at radius 1 is 1.43 bits per heavy atom. The number of aryl methyl sites for hydroxylation is 1. The van der Waals surface area contributed by atoms with E-state index in [0.29, 0.717) is 17.9 Å². The summed E-state index contributed by atoms with van der Waals surface area (Å²) >= 11 is 0. The zero-order valence-corrected chi connectivity index (χ0v) is 8.96. The number of ketones is 1. The van der Waals surface area contributed by atoms with Crippen molar-refractivity contribution in [2.24, 2.45) is 0 Å². The molecule has 0 bridgehead atoms. The standard InChI is InChI=1S/C12H16O2/c1-4-7-14-12-6-5-9(2)8-11(12)10(3)13/h5-6,8H,4,7H2,1-3H3. The molecule has 0 aliphatic rings. The second kappa shape index (κ2) is 4.80. The van der Waals surface area contributed by atoms with E-state index in [-0.39, 0.29) is 5.78 Å². The van der Waals surface area contributed by atoms with Gasteiger partial charge in [-0.2, -0.15) is 0 Å². The van der Waals surface area contributed by atoms with Crippen molar-refractivity contribution in [3.63, 3.8) is 0 Å². The number of hydrogen-bond donors (Lipinski definition) is 0. The molecule has 0 unspecified atom stereocenters. The van der Waals surface area contributed by atoms with E-state index >= 15 is 0 Å². The zero-order chi connectivity index (χ0) is 10.6. The molecule has 0 atom stereocenters. The summed E-state index contributed by atoms with van der Waals surface area (Å²) in [7, 11) is 0. The van der Waals surface area contributed by atoms with E-state index in [9.17, 15) is 4.79 Å². The molecule has 0 radical (unpaired) electrons. The van der Waals surface area contributed by atoms with Crippen molar-refractivity contribution in [3.8, 4) is 5.75 Å². The maximum Gasteiger partial charge on any atom is 0.163 e. The maximum atomic E-state index is 11.3. The lowest BCUT2D eigenvalue weighted by Gasteiger charge is -2.09. The summed E-state index contributed by atoms with van der Waals surface area (Å²) in [6.45, 7) is 6.23. The van der Waals surface area contributed by atoms with Crippen LogP contribution in [-0.4, -0.2) is 12.4 Å². The summed E-state index contributed by atoms with van der Waals surface area (Å²) in [6, 6.07) is 5.69. The van der Waals surface area contributed by atoms with Gasteiger partial charge in [-0.1, -0.05) is 18.6 Å². The number of rotatable bonds is 4. The molecule has 2 heteroatoms. The first kappa shape index (κ1) is 10.8. The maximum absolute atomic E-state index is 11.3. The van der Waals surface area contributed by atoms with E-state index < -0.39 is 0 Å². The quantitative estimate of drug-likeness (QED) is 0.685. The third kappa shape index (κ3) is 2.59. The largest absolute Gasteiger partial charge is 0.493 e. The molecular formula is C12H16O2. The Bertz CT molecular complexity index is 329. The van der Waals surface area contributed by atoms with Crippen LogP contribution in [0.25, 0.3) is 0 Å². The van der Waals surface area contributed by atoms with Crippen LogP contribution in [0.4, 0.5) is 0 Å². The number of carbonyl (C=O) groups is 1. The van der Waals surface area contributed by atoms with E-state index in [1.165, 1.54) is 0 Å². The minimum Gasteiger partial charge on any atom is -0.493 e. The topological polar surface area (TPSA) is 26.3 Å². The average molecular weight is 192 g/mol. The van der Waals surface area contributed by atoms with Crippen molar-refractivity contribution in [2.45, 2.75) is 27.2 Å². The van der Waals surface area contributed by atoms with Gasteiger partial charge >= 0.3 is 0 Å². The molecule has 0 aromatic heterocycles. The van der Waals surface area contributed by atoms with Crippen LogP contribution >= 0.6 is 0 Å². The van der Waals surface area contributed by atoms with Gasteiger partial charge in [-0.05, 0) is 32.4 Å². The molecule has 0 spiro atoms. The second-order valence-electron chi connectivity index (χ2n) is 3.40. The number of hydrogen-bond acceptors (Lipinski definition) is 2. The molecule has 0 amide bonds. The van der Waals surface area contributed by atoms with Crippen LogP contribution in [0.3, 0.4) is 0 Å². The summed E-state index contributed by atoms with van der Waals surface area (Å²) in [5, 5.41) is 0. The monoisotopic (exact) mass is 192 g/mol. The lowest BCUT2D eigenvalue weighted by molar-refractivity contribution is 0.101. The summed E-state index contributed by atoms with van der Waals surface area (Å²) in [5.74, 6) is 0.754. The summed E-state index contributed by atoms with van der Waals surface area (Å²) in [5.41, 5.74) is 1.76. The van der Waals surface area contributed by atoms with E-state index in [1.807, 2.05) is 32.0 Å². The highest BCUT2D eigenvalue weighted by Gasteiger charge is 2.07. The highest BCUT2D eigenvalue weighted by Crippen LogP contribution is 2.20. The SMILES string of the molecule is CCCOc1ccc(C)cc1C(C)=O. The minimum atomic E-state index is 0.0554. The van der Waals surface area contributed by atoms with E-state index in [4.69, 9.17) is 4.74 Å². The fourth-order valence-electron chi connectivity index (χ4n) is 1.26. The highest BCUT2D eigenvalue weighted by molar-refractivity contribution is 5.97. The molecule has 0 saturated carbocycles. The Hall–Kier alpha value is -1.31. The van der Waals surface area contributed by atoms with Gasteiger partial charge in [-0.15, -0.1) is 0 Å². The minimum absolute atomic E-state index is 0.0554. The van der Waals surface area contributed by atoms with Crippen molar-refractivity contribution >= 4 is 5.78 Å². The molecule has 0 heterocycles. The Balaban J connectivity index is 2.96. The Kier molecular flexibility index (Phi) is 3.69.